The number of carbonyl (C=O) groups is 1. The minimum absolute atomic E-state index is 0.0856. The van der Waals surface area contributed by atoms with Gasteiger partial charge in [0.25, 0.3) is 0 Å². The van der Waals surface area contributed by atoms with Crippen LogP contribution in [0.3, 0.4) is 0 Å². The van der Waals surface area contributed by atoms with Crippen LogP contribution in [0.5, 0.6) is 0 Å². The van der Waals surface area contributed by atoms with E-state index >= 15 is 0 Å². The highest BCUT2D eigenvalue weighted by Gasteiger charge is 2.33. The molecule has 1 fully saturated rings. The normalized spacial score (nSPS) is 23.6. The number of halogens is 1. The Labute approximate surface area is 92.3 Å². The first-order valence-corrected chi connectivity index (χ1v) is 5.11. The van der Waals surface area contributed by atoms with Crippen molar-refractivity contribution in [1.82, 2.24) is 4.98 Å². The number of carboxylic acid groups (broad SMARTS) is 1. The Morgan fingerprint density at radius 2 is 2.40 bits per heavy atom. The fourth-order valence-corrected chi connectivity index (χ4v) is 1.66. The SMILES string of the molecule is CC1CC1Nc1nccc(C(=O)O)c1Cl. The molecule has 2 rings (SSSR count). The zero-order valence-electron chi connectivity index (χ0n) is 8.20. The number of pyridine rings is 1. The lowest BCUT2D eigenvalue weighted by Gasteiger charge is -2.07. The van der Waals surface area contributed by atoms with Crippen molar-refractivity contribution < 1.29 is 9.90 Å². The molecule has 2 N–H and O–H groups in total. The van der Waals surface area contributed by atoms with Crippen molar-refractivity contribution in [3.05, 3.63) is 22.8 Å². The average Bonchev–Trinajstić information content (AvgIpc) is 2.85. The van der Waals surface area contributed by atoms with Gasteiger partial charge in [-0.15, -0.1) is 0 Å². The summed E-state index contributed by atoms with van der Waals surface area (Å²) in [4.78, 5) is 14.8. The lowest BCUT2D eigenvalue weighted by atomic mass is 10.2. The van der Waals surface area contributed by atoms with Gasteiger partial charge in [0.2, 0.25) is 0 Å². The zero-order chi connectivity index (χ0) is 11.0. The molecule has 2 atom stereocenters. The van der Waals surface area contributed by atoms with E-state index in [9.17, 15) is 4.79 Å². The van der Waals surface area contributed by atoms with Crippen LogP contribution in [0.4, 0.5) is 5.82 Å². The summed E-state index contributed by atoms with van der Waals surface area (Å²) in [6.07, 6.45) is 2.53. The van der Waals surface area contributed by atoms with Gasteiger partial charge in [-0.1, -0.05) is 18.5 Å². The van der Waals surface area contributed by atoms with Gasteiger partial charge in [0.1, 0.15) is 5.82 Å². The van der Waals surface area contributed by atoms with Crippen LogP contribution in [-0.2, 0) is 0 Å². The molecule has 0 aliphatic heterocycles. The minimum atomic E-state index is -1.03. The maximum atomic E-state index is 10.8. The number of anilines is 1. The Balaban J connectivity index is 2.23. The molecule has 15 heavy (non-hydrogen) atoms. The van der Waals surface area contributed by atoms with Crippen LogP contribution in [0.2, 0.25) is 5.02 Å². The number of rotatable bonds is 3. The molecule has 0 bridgehead atoms. The van der Waals surface area contributed by atoms with Gasteiger partial charge in [-0.3, -0.25) is 0 Å². The molecule has 1 aliphatic carbocycles. The smallest absolute Gasteiger partial charge is 0.337 e. The molecular weight excluding hydrogens is 216 g/mol. The third-order valence-electron chi connectivity index (χ3n) is 2.55. The number of nitrogens with zero attached hydrogens (tertiary/aromatic N) is 1. The van der Waals surface area contributed by atoms with Crippen molar-refractivity contribution in [2.75, 3.05) is 5.32 Å². The molecule has 0 amide bonds. The second kappa shape index (κ2) is 3.70. The topological polar surface area (TPSA) is 62.2 Å². The second-order valence-electron chi connectivity index (χ2n) is 3.79. The fraction of sp³-hybridized carbons (Fsp3) is 0.400. The largest absolute Gasteiger partial charge is 0.478 e. The summed E-state index contributed by atoms with van der Waals surface area (Å²) in [6, 6.07) is 1.77. The van der Waals surface area contributed by atoms with E-state index < -0.39 is 5.97 Å². The fourth-order valence-electron chi connectivity index (χ4n) is 1.41. The van der Waals surface area contributed by atoms with E-state index in [1.807, 2.05) is 0 Å². The van der Waals surface area contributed by atoms with Crippen molar-refractivity contribution in [1.29, 1.82) is 0 Å². The Morgan fingerprint density at radius 1 is 1.73 bits per heavy atom. The molecule has 0 spiro atoms. The Kier molecular flexibility index (Phi) is 2.52. The molecule has 1 aromatic rings. The van der Waals surface area contributed by atoms with Crippen molar-refractivity contribution in [3.63, 3.8) is 0 Å². The predicted molar refractivity (Wildman–Crippen MR) is 57.4 cm³/mol. The molecule has 2 unspecified atom stereocenters. The van der Waals surface area contributed by atoms with Crippen LogP contribution in [0.1, 0.15) is 23.7 Å². The van der Waals surface area contributed by atoms with E-state index in [4.69, 9.17) is 16.7 Å². The Bertz CT molecular complexity index is 408. The highest BCUT2D eigenvalue weighted by atomic mass is 35.5. The third kappa shape index (κ3) is 2.04. The minimum Gasteiger partial charge on any atom is -0.478 e. The van der Waals surface area contributed by atoms with E-state index in [0.29, 0.717) is 17.8 Å². The van der Waals surface area contributed by atoms with Crippen LogP contribution >= 0.6 is 11.6 Å². The molecule has 0 saturated heterocycles. The van der Waals surface area contributed by atoms with Crippen molar-refractivity contribution in [3.8, 4) is 0 Å². The van der Waals surface area contributed by atoms with Crippen LogP contribution in [-0.4, -0.2) is 22.1 Å². The maximum absolute atomic E-state index is 10.8. The van der Waals surface area contributed by atoms with E-state index in [2.05, 4.69) is 17.2 Å². The molecule has 1 saturated carbocycles. The average molecular weight is 227 g/mol. The van der Waals surface area contributed by atoms with Gasteiger partial charge in [-0.05, 0) is 18.4 Å². The lowest BCUT2D eigenvalue weighted by Crippen LogP contribution is -2.08. The molecule has 4 nitrogen and oxygen atoms in total. The second-order valence-corrected chi connectivity index (χ2v) is 4.17. The molecule has 5 heteroatoms. The molecule has 80 valence electrons. The molecule has 1 aromatic heterocycles. The summed E-state index contributed by atoms with van der Waals surface area (Å²) < 4.78 is 0. The van der Waals surface area contributed by atoms with Crippen LogP contribution < -0.4 is 5.32 Å². The Morgan fingerprint density at radius 3 is 2.93 bits per heavy atom. The van der Waals surface area contributed by atoms with Gasteiger partial charge in [-0.25, -0.2) is 9.78 Å². The van der Waals surface area contributed by atoms with Gasteiger partial charge in [0, 0.05) is 12.2 Å². The van der Waals surface area contributed by atoms with Crippen LogP contribution in [0, 0.1) is 5.92 Å². The van der Waals surface area contributed by atoms with Crippen LogP contribution in [0.15, 0.2) is 12.3 Å². The van der Waals surface area contributed by atoms with Gasteiger partial charge in [0.05, 0.1) is 10.6 Å². The van der Waals surface area contributed by atoms with Gasteiger partial charge in [-0.2, -0.15) is 0 Å². The summed E-state index contributed by atoms with van der Waals surface area (Å²) in [5.41, 5.74) is 0.0856. The summed E-state index contributed by atoms with van der Waals surface area (Å²) in [5.74, 6) is 0.0385. The first kappa shape index (κ1) is 10.2. The van der Waals surface area contributed by atoms with Gasteiger partial charge >= 0.3 is 5.97 Å². The lowest BCUT2D eigenvalue weighted by molar-refractivity contribution is 0.0697. The van der Waals surface area contributed by atoms with Gasteiger partial charge in [0.15, 0.2) is 0 Å². The zero-order valence-corrected chi connectivity index (χ0v) is 8.95. The predicted octanol–water partition coefficient (Wildman–Crippen LogP) is 2.25. The standard InChI is InChI=1S/C10H11ClN2O2/c1-5-4-7(5)13-9-8(11)6(10(14)15)2-3-12-9/h2-3,5,7H,4H2,1H3,(H,12,13)(H,14,15). The maximum Gasteiger partial charge on any atom is 0.337 e. The Hall–Kier alpha value is -1.29. The van der Waals surface area contributed by atoms with Crippen molar-refractivity contribution in [2.45, 2.75) is 19.4 Å². The van der Waals surface area contributed by atoms with Crippen molar-refractivity contribution >= 4 is 23.4 Å². The number of carboxylic acids is 1. The highest BCUT2D eigenvalue weighted by molar-refractivity contribution is 6.35. The number of hydrogen-bond donors (Lipinski definition) is 2. The summed E-state index contributed by atoms with van der Waals surface area (Å²) in [6.45, 7) is 2.12. The van der Waals surface area contributed by atoms with Crippen molar-refractivity contribution in [2.24, 2.45) is 5.92 Å². The quantitative estimate of drug-likeness (QED) is 0.830. The summed E-state index contributed by atoms with van der Waals surface area (Å²) >= 11 is 5.92. The van der Waals surface area contributed by atoms with E-state index in [-0.39, 0.29) is 10.6 Å². The molecule has 1 aliphatic rings. The monoisotopic (exact) mass is 226 g/mol. The third-order valence-corrected chi connectivity index (χ3v) is 2.93. The highest BCUT2D eigenvalue weighted by Crippen LogP contribution is 2.34. The van der Waals surface area contributed by atoms with E-state index in [0.717, 1.165) is 6.42 Å². The first-order valence-electron chi connectivity index (χ1n) is 4.74. The van der Waals surface area contributed by atoms with E-state index in [1.54, 1.807) is 0 Å². The first-order chi connectivity index (χ1) is 7.09. The number of hydrogen-bond acceptors (Lipinski definition) is 3. The number of aromatic carboxylic acids is 1. The molecular formula is C10H11ClN2O2. The van der Waals surface area contributed by atoms with Crippen LogP contribution in [0.25, 0.3) is 0 Å². The number of aromatic nitrogens is 1. The number of nitrogens with one attached hydrogen (secondary N) is 1. The summed E-state index contributed by atoms with van der Waals surface area (Å²) in [7, 11) is 0. The molecule has 1 heterocycles. The summed E-state index contributed by atoms with van der Waals surface area (Å²) in [5, 5.41) is 12.2. The molecule has 0 radical (unpaired) electrons. The van der Waals surface area contributed by atoms with Gasteiger partial charge < -0.3 is 10.4 Å². The molecule has 0 aromatic carbocycles. The van der Waals surface area contributed by atoms with E-state index in [1.165, 1.54) is 12.3 Å².